The van der Waals surface area contributed by atoms with E-state index in [1.165, 1.54) is 0 Å². The van der Waals surface area contributed by atoms with Crippen LogP contribution in [0.25, 0.3) is 34.1 Å². The SMILES string of the molecule is Cc1cccc2oc(-c3cc(-c4ccco4)n(C(C)(C)C)n3)nc12. The average molecular weight is 321 g/mol. The van der Waals surface area contributed by atoms with Gasteiger partial charge in [0.15, 0.2) is 11.3 Å². The van der Waals surface area contributed by atoms with Gasteiger partial charge in [-0.05, 0) is 51.5 Å². The predicted octanol–water partition coefficient (Wildman–Crippen LogP) is 5.01. The predicted molar refractivity (Wildman–Crippen MR) is 92.7 cm³/mol. The van der Waals surface area contributed by atoms with Crippen molar-refractivity contribution in [2.24, 2.45) is 0 Å². The van der Waals surface area contributed by atoms with Crippen molar-refractivity contribution >= 4 is 11.1 Å². The van der Waals surface area contributed by atoms with Crippen LogP contribution in [-0.4, -0.2) is 14.8 Å². The molecule has 0 unspecified atom stereocenters. The molecule has 4 aromatic rings. The van der Waals surface area contributed by atoms with Crippen LogP contribution in [0.5, 0.6) is 0 Å². The highest BCUT2D eigenvalue weighted by Gasteiger charge is 2.24. The van der Waals surface area contributed by atoms with E-state index in [0.29, 0.717) is 11.6 Å². The number of oxazole rings is 1. The molecule has 0 aliphatic rings. The summed E-state index contributed by atoms with van der Waals surface area (Å²) in [7, 11) is 0. The van der Waals surface area contributed by atoms with Crippen LogP contribution in [0.3, 0.4) is 0 Å². The highest BCUT2D eigenvalue weighted by molar-refractivity contribution is 5.79. The van der Waals surface area contributed by atoms with Gasteiger partial charge in [0.1, 0.15) is 16.9 Å². The third-order valence-electron chi connectivity index (χ3n) is 3.96. The van der Waals surface area contributed by atoms with Crippen LogP contribution in [0, 0.1) is 6.92 Å². The van der Waals surface area contributed by atoms with E-state index in [9.17, 15) is 0 Å². The van der Waals surface area contributed by atoms with Crippen LogP contribution >= 0.6 is 0 Å². The molecule has 122 valence electrons. The molecule has 0 amide bonds. The van der Waals surface area contributed by atoms with Gasteiger partial charge in [-0.3, -0.25) is 4.68 Å². The summed E-state index contributed by atoms with van der Waals surface area (Å²) in [6.07, 6.45) is 1.66. The molecular weight excluding hydrogens is 302 g/mol. The van der Waals surface area contributed by atoms with Crippen LogP contribution in [-0.2, 0) is 5.54 Å². The van der Waals surface area contributed by atoms with Gasteiger partial charge < -0.3 is 8.83 Å². The Kier molecular flexibility index (Phi) is 3.13. The summed E-state index contributed by atoms with van der Waals surface area (Å²) in [5.74, 6) is 1.30. The second-order valence-corrected chi connectivity index (χ2v) is 6.92. The Labute approximate surface area is 139 Å². The Bertz CT molecular complexity index is 1000. The van der Waals surface area contributed by atoms with Gasteiger partial charge in [0, 0.05) is 6.07 Å². The van der Waals surface area contributed by atoms with E-state index in [1.807, 2.05) is 48.0 Å². The summed E-state index contributed by atoms with van der Waals surface area (Å²) in [6, 6.07) is 11.7. The van der Waals surface area contributed by atoms with Gasteiger partial charge in [-0.15, -0.1) is 0 Å². The topological polar surface area (TPSA) is 57.0 Å². The molecule has 24 heavy (non-hydrogen) atoms. The van der Waals surface area contributed by atoms with Crippen LogP contribution in [0.1, 0.15) is 26.3 Å². The average Bonchev–Trinajstić information content (AvgIpc) is 3.24. The second kappa shape index (κ2) is 5.09. The monoisotopic (exact) mass is 321 g/mol. The standard InChI is InChI=1S/C19H19N3O2/c1-12-7-5-8-16-17(12)20-18(24-16)13-11-14(15-9-6-10-23-15)22(21-13)19(2,3)4/h5-11H,1-4H3. The van der Waals surface area contributed by atoms with Gasteiger partial charge in [-0.1, -0.05) is 12.1 Å². The highest BCUT2D eigenvalue weighted by Crippen LogP contribution is 2.32. The van der Waals surface area contributed by atoms with Crippen molar-refractivity contribution in [3.63, 3.8) is 0 Å². The minimum absolute atomic E-state index is 0.192. The maximum atomic E-state index is 5.92. The normalized spacial score (nSPS) is 12.2. The molecule has 5 heteroatoms. The molecule has 0 spiro atoms. The van der Waals surface area contributed by atoms with Gasteiger partial charge in [-0.25, -0.2) is 4.98 Å². The Morgan fingerprint density at radius 1 is 1.08 bits per heavy atom. The number of para-hydroxylation sites is 1. The zero-order valence-electron chi connectivity index (χ0n) is 14.2. The van der Waals surface area contributed by atoms with E-state index in [1.54, 1.807) is 6.26 Å². The number of fused-ring (bicyclic) bond motifs is 1. The Hall–Kier alpha value is -2.82. The van der Waals surface area contributed by atoms with Gasteiger partial charge in [0.05, 0.1) is 11.8 Å². The summed E-state index contributed by atoms with van der Waals surface area (Å²) in [6.45, 7) is 8.34. The molecule has 0 N–H and O–H groups in total. The molecule has 3 heterocycles. The second-order valence-electron chi connectivity index (χ2n) is 6.92. The number of furan rings is 1. The lowest BCUT2D eigenvalue weighted by atomic mass is 10.1. The van der Waals surface area contributed by atoms with Crippen LogP contribution in [0.15, 0.2) is 51.5 Å². The molecule has 5 nitrogen and oxygen atoms in total. The quantitative estimate of drug-likeness (QED) is 0.520. The van der Waals surface area contributed by atoms with Gasteiger partial charge >= 0.3 is 0 Å². The maximum absolute atomic E-state index is 5.92. The fraction of sp³-hybridized carbons (Fsp3) is 0.263. The number of benzene rings is 1. The van der Waals surface area contributed by atoms with Crippen LogP contribution in [0.2, 0.25) is 0 Å². The van der Waals surface area contributed by atoms with Crippen molar-refractivity contribution in [1.29, 1.82) is 0 Å². The van der Waals surface area contributed by atoms with Crippen LogP contribution < -0.4 is 0 Å². The number of aryl methyl sites for hydroxylation is 1. The molecule has 0 saturated heterocycles. The lowest BCUT2D eigenvalue weighted by Gasteiger charge is -2.21. The molecule has 0 atom stereocenters. The van der Waals surface area contributed by atoms with Gasteiger partial charge in [-0.2, -0.15) is 5.10 Å². The largest absolute Gasteiger partial charge is 0.463 e. The zero-order valence-corrected chi connectivity index (χ0v) is 14.2. The van der Waals surface area contributed by atoms with Crippen molar-refractivity contribution < 1.29 is 8.83 Å². The van der Waals surface area contributed by atoms with E-state index < -0.39 is 0 Å². The van der Waals surface area contributed by atoms with E-state index in [0.717, 1.165) is 28.1 Å². The molecular formula is C19H19N3O2. The highest BCUT2D eigenvalue weighted by atomic mass is 16.3. The first-order chi connectivity index (χ1) is 11.4. The summed E-state index contributed by atoms with van der Waals surface area (Å²) >= 11 is 0. The molecule has 1 aromatic carbocycles. The summed E-state index contributed by atoms with van der Waals surface area (Å²) in [5, 5.41) is 4.73. The fourth-order valence-corrected chi connectivity index (χ4v) is 2.79. The lowest BCUT2D eigenvalue weighted by molar-refractivity contribution is 0.357. The first-order valence-corrected chi connectivity index (χ1v) is 7.94. The maximum Gasteiger partial charge on any atom is 0.248 e. The number of aromatic nitrogens is 3. The Morgan fingerprint density at radius 2 is 1.92 bits per heavy atom. The Balaban J connectivity index is 1.90. The van der Waals surface area contributed by atoms with E-state index in [2.05, 4.69) is 25.8 Å². The minimum Gasteiger partial charge on any atom is -0.463 e. The van der Waals surface area contributed by atoms with Crippen LogP contribution in [0.4, 0.5) is 0 Å². The molecule has 3 aromatic heterocycles. The third-order valence-corrected chi connectivity index (χ3v) is 3.96. The van der Waals surface area contributed by atoms with E-state index in [-0.39, 0.29) is 5.54 Å². The summed E-state index contributed by atoms with van der Waals surface area (Å²) < 4.78 is 13.4. The number of nitrogens with zero attached hydrogens (tertiary/aromatic N) is 3. The molecule has 0 bridgehead atoms. The number of hydrogen-bond donors (Lipinski definition) is 0. The zero-order chi connectivity index (χ0) is 16.9. The van der Waals surface area contributed by atoms with E-state index >= 15 is 0 Å². The fourth-order valence-electron chi connectivity index (χ4n) is 2.79. The van der Waals surface area contributed by atoms with Crippen molar-refractivity contribution in [3.8, 4) is 23.0 Å². The summed E-state index contributed by atoms with van der Waals surface area (Å²) in [4.78, 5) is 4.63. The van der Waals surface area contributed by atoms with Crippen molar-refractivity contribution in [1.82, 2.24) is 14.8 Å². The molecule has 0 aliphatic heterocycles. The molecule has 0 aliphatic carbocycles. The van der Waals surface area contributed by atoms with E-state index in [4.69, 9.17) is 13.9 Å². The number of rotatable bonds is 2. The third kappa shape index (κ3) is 2.33. The smallest absolute Gasteiger partial charge is 0.248 e. The molecule has 4 rings (SSSR count). The van der Waals surface area contributed by atoms with Crippen molar-refractivity contribution in [3.05, 3.63) is 48.2 Å². The molecule has 0 saturated carbocycles. The molecule has 0 radical (unpaired) electrons. The number of hydrogen-bond acceptors (Lipinski definition) is 4. The van der Waals surface area contributed by atoms with Gasteiger partial charge in [0.25, 0.3) is 0 Å². The van der Waals surface area contributed by atoms with Crippen molar-refractivity contribution in [2.75, 3.05) is 0 Å². The lowest BCUT2D eigenvalue weighted by Crippen LogP contribution is -2.24. The first kappa shape index (κ1) is 14.8. The molecule has 0 fully saturated rings. The Morgan fingerprint density at radius 3 is 2.58 bits per heavy atom. The van der Waals surface area contributed by atoms with Crippen molar-refractivity contribution in [2.45, 2.75) is 33.2 Å². The minimum atomic E-state index is -0.192. The first-order valence-electron chi connectivity index (χ1n) is 7.94. The summed E-state index contributed by atoms with van der Waals surface area (Å²) in [5.41, 5.74) is 4.15. The van der Waals surface area contributed by atoms with Gasteiger partial charge in [0.2, 0.25) is 5.89 Å².